The Morgan fingerprint density at radius 1 is 1.16 bits per heavy atom. The minimum Gasteiger partial charge on any atom is -0.493 e. The SMILES string of the molecule is CCc1cccc(CC)c1-n1c(-c2csc(C)n2)nc(=O)c(C(=O)N2CCC(c3ncccc3F)C2)c1O. The van der Waals surface area contributed by atoms with Gasteiger partial charge < -0.3 is 10.0 Å². The smallest absolute Gasteiger partial charge is 0.290 e. The number of carbonyl (C=O) groups excluding carboxylic acids is 1. The third-order valence-electron chi connectivity index (χ3n) is 6.97. The average molecular weight is 534 g/mol. The average Bonchev–Trinajstić information content (AvgIpc) is 3.58. The number of hydrogen-bond acceptors (Lipinski definition) is 7. The van der Waals surface area contributed by atoms with Gasteiger partial charge in [0.05, 0.1) is 16.4 Å². The number of aromatic hydroxyl groups is 1. The van der Waals surface area contributed by atoms with Crippen LogP contribution in [0.4, 0.5) is 4.39 Å². The summed E-state index contributed by atoms with van der Waals surface area (Å²) in [5, 5.41) is 14.2. The fourth-order valence-corrected chi connectivity index (χ4v) is 5.66. The molecule has 4 heterocycles. The minimum atomic E-state index is -0.830. The number of carbonyl (C=O) groups is 1. The van der Waals surface area contributed by atoms with Crippen molar-refractivity contribution >= 4 is 17.2 Å². The summed E-state index contributed by atoms with van der Waals surface area (Å²) < 4.78 is 15.8. The number of hydrogen-bond donors (Lipinski definition) is 1. The lowest BCUT2D eigenvalue weighted by atomic mass is 10.0. The normalized spacial score (nSPS) is 15.3. The van der Waals surface area contributed by atoms with Crippen molar-refractivity contribution < 1.29 is 14.3 Å². The summed E-state index contributed by atoms with van der Waals surface area (Å²) in [7, 11) is 0. The second-order valence-electron chi connectivity index (χ2n) is 9.27. The van der Waals surface area contributed by atoms with Crippen molar-refractivity contribution in [1.29, 1.82) is 0 Å². The van der Waals surface area contributed by atoms with Crippen LogP contribution in [0.1, 0.15) is 58.4 Å². The summed E-state index contributed by atoms with van der Waals surface area (Å²) in [5.41, 5.74) is 2.05. The van der Waals surface area contributed by atoms with Gasteiger partial charge in [0, 0.05) is 30.6 Å². The molecule has 0 bridgehead atoms. The Labute approximate surface area is 223 Å². The van der Waals surface area contributed by atoms with Crippen molar-refractivity contribution in [2.24, 2.45) is 0 Å². The molecule has 38 heavy (non-hydrogen) atoms. The highest BCUT2D eigenvalue weighted by Gasteiger charge is 2.35. The van der Waals surface area contributed by atoms with E-state index < -0.39 is 28.7 Å². The number of amides is 1. The first-order valence-electron chi connectivity index (χ1n) is 12.6. The van der Waals surface area contributed by atoms with Crippen LogP contribution >= 0.6 is 11.3 Å². The Hall–Kier alpha value is -3.92. The summed E-state index contributed by atoms with van der Waals surface area (Å²) in [6, 6.07) is 8.73. The second kappa shape index (κ2) is 10.4. The van der Waals surface area contributed by atoms with Crippen LogP contribution in [0, 0.1) is 12.7 Å². The van der Waals surface area contributed by atoms with Gasteiger partial charge in [0.15, 0.2) is 11.4 Å². The molecule has 0 saturated carbocycles. The molecular formula is C28H28FN5O3S. The number of nitrogens with zero attached hydrogens (tertiary/aromatic N) is 5. The van der Waals surface area contributed by atoms with Crippen molar-refractivity contribution in [3.8, 4) is 23.1 Å². The number of thiazole rings is 1. The molecule has 1 N–H and O–H groups in total. The first-order chi connectivity index (χ1) is 18.3. The van der Waals surface area contributed by atoms with Crippen molar-refractivity contribution in [2.45, 2.75) is 46.0 Å². The molecule has 1 fully saturated rings. The van der Waals surface area contributed by atoms with Gasteiger partial charge in [-0.05, 0) is 49.4 Å². The van der Waals surface area contributed by atoms with Gasteiger partial charge in [-0.2, -0.15) is 4.98 Å². The van der Waals surface area contributed by atoms with Gasteiger partial charge in [0.25, 0.3) is 11.5 Å². The van der Waals surface area contributed by atoms with Crippen molar-refractivity contribution in [3.63, 3.8) is 0 Å². The molecule has 1 unspecified atom stereocenters. The molecule has 1 saturated heterocycles. The van der Waals surface area contributed by atoms with E-state index in [1.807, 2.05) is 39.0 Å². The maximum absolute atomic E-state index is 14.3. The summed E-state index contributed by atoms with van der Waals surface area (Å²) in [6.45, 7) is 6.35. The molecule has 1 atom stereocenters. The third-order valence-corrected chi connectivity index (χ3v) is 7.74. The topological polar surface area (TPSA) is 101 Å². The molecule has 1 aliphatic rings. The number of rotatable bonds is 6. The number of aryl methyl sites for hydroxylation is 3. The van der Waals surface area contributed by atoms with Gasteiger partial charge in [-0.25, -0.2) is 9.37 Å². The Balaban J connectivity index is 1.65. The molecule has 0 aliphatic carbocycles. The quantitative estimate of drug-likeness (QED) is 0.387. The summed E-state index contributed by atoms with van der Waals surface area (Å²) in [4.78, 5) is 41.4. The number of pyridine rings is 1. The third kappa shape index (κ3) is 4.49. The molecule has 4 aromatic rings. The van der Waals surface area contributed by atoms with Crippen molar-refractivity contribution in [2.75, 3.05) is 13.1 Å². The van der Waals surface area contributed by atoms with E-state index in [4.69, 9.17) is 0 Å². The molecule has 1 amide bonds. The predicted octanol–water partition coefficient (Wildman–Crippen LogP) is 4.66. The fraction of sp³-hybridized carbons (Fsp3) is 0.321. The van der Waals surface area contributed by atoms with Crippen LogP contribution in [0.5, 0.6) is 5.88 Å². The Morgan fingerprint density at radius 3 is 2.53 bits per heavy atom. The maximum atomic E-state index is 14.3. The molecule has 0 radical (unpaired) electrons. The lowest BCUT2D eigenvalue weighted by molar-refractivity contribution is 0.0784. The molecule has 0 spiro atoms. The second-order valence-corrected chi connectivity index (χ2v) is 10.3. The molecular weight excluding hydrogens is 505 g/mol. The van der Waals surface area contributed by atoms with Crippen molar-refractivity contribution in [1.82, 2.24) is 24.4 Å². The Morgan fingerprint density at radius 2 is 1.89 bits per heavy atom. The van der Waals surface area contributed by atoms with Gasteiger partial charge in [-0.1, -0.05) is 32.0 Å². The fourth-order valence-electron chi connectivity index (χ4n) is 5.07. The molecule has 196 valence electrons. The van der Waals surface area contributed by atoms with Crippen LogP contribution in [0.25, 0.3) is 17.2 Å². The van der Waals surface area contributed by atoms with Crippen LogP contribution in [0.3, 0.4) is 0 Å². The molecule has 1 aliphatic heterocycles. The highest BCUT2D eigenvalue weighted by Crippen LogP contribution is 2.34. The largest absolute Gasteiger partial charge is 0.493 e. The first-order valence-corrected chi connectivity index (χ1v) is 13.5. The van der Waals surface area contributed by atoms with Crippen LogP contribution in [0.2, 0.25) is 0 Å². The summed E-state index contributed by atoms with van der Waals surface area (Å²) in [6.07, 6.45) is 3.34. The van der Waals surface area contributed by atoms with E-state index in [1.54, 1.807) is 5.38 Å². The minimum absolute atomic E-state index is 0.179. The van der Waals surface area contributed by atoms with Crippen molar-refractivity contribution in [3.05, 3.63) is 85.5 Å². The van der Waals surface area contributed by atoms with Gasteiger partial charge in [-0.15, -0.1) is 11.3 Å². The van der Waals surface area contributed by atoms with Gasteiger partial charge in [0.2, 0.25) is 5.88 Å². The molecule has 3 aromatic heterocycles. The summed E-state index contributed by atoms with van der Waals surface area (Å²) >= 11 is 1.41. The van der Waals surface area contributed by atoms with E-state index in [2.05, 4.69) is 15.0 Å². The predicted molar refractivity (Wildman–Crippen MR) is 144 cm³/mol. The number of benzene rings is 1. The van der Waals surface area contributed by atoms with E-state index in [1.165, 1.54) is 39.1 Å². The number of halogens is 1. The molecule has 10 heteroatoms. The van der Waals surface area contributed by atoms with E-state index in [0.29, 0.717) is 42.9 Å². The van der Waals surface area contributed by atoms with Crippen LogP contribution in [0.15, 0.2) is 46.7 Å². The monoisotopic (exact) mass is 533 g/mol. The number of para-hydroxylation sites is 1. The Kier molecular flexibility index (Phi) is 7.07. The standard InChI is InChI=1S/C28H28FN5O3S/c1-4-17-8-6-9-18(5-2)24(17)34-25(21-15-38-16(3)31-21)32-26(35)22(28(34)37)27(36)33-13-11-19(14-33)23-20(29)10-7-12-30-23/h6-10,12,15,19,37H,4-5,11,13-14H2,1-3H3. The Bertz CT molecular complexity index is 1560. The van der Waals surface area contributed by atoms with E-state index in [0.717, 1.165) is 16.1 Å². The van der Waals surface area contributed by atoms with Crippen LogP contribution in [-0.4, -0.2) is 48.5 Å². The van der Waals surface area contributed by atoms with Crippen LogP contribution < -0.4 is 5.56 Å². The zero-order valence-corrected chi connectivity index (χ0v) is 22.3. The van der Waals surface area contributed by atoms with Gasteiger partial charge in [-0.3, -0.25) is 19.1 Å². The van der Waals surface area contributed by atoms with E-state index in [-0.39, 0.29) is 18.3 Å². The lowest BCUT2D eigenvalue weighted by Crippen LogP contribution is -2.34. The lowest BCUT2D eigenvalue weighted by Gasteiger charge is -2.22. The highest BCUT2D eigenvalue weighted by molar-refractivity contribution is 7.09. The highest BCUT2D eigenvalue weighted by atomic mass is 32.1. The van der Waals surface area contributed by atoms with Gasteiger partial charge >= 0.3 is 0 Å². The molecule has 8 nitrogen and oxygen atoms in total. The number of likely N-dealkylation sites (tertiary alicyclic amines) is 1. The van der Waals surface area contributed by atoms with Gasteiger partial charge in [0.1, 0.15) is 11.5 Å². The summed E-state index contributed by atoms with van der Waals surface area (Å²) in [5.74, 6) is -1.66. The van der Waals surface area contributed by atoms with Crippen LogP contribution in [-0.2, 0) is 12.8 Å². The zero-order valence-electron chi connectivity index (χ0n) is 21.4. The van der Waals surface area contributed by atoms with E-state index >= 15 is 0 Å². The first kappa shape index (κ1) is 25.7. The zero-order chi connectivity index (χ0) is 27.0. The maximum Gasteiger partial charge on any atom is 0.290 e. The molecule has 5 rings (SSSR count). The number of aromatic nitrogens is 4. The molecule has 1 aromatic carbocycles. The van der Waals surface area contributed by atoms with E-state index in [9.17, 15) is 19.1 Å².